The zero-order chi connectivity index (χ0) is 16.9. The Hall–Kier alpha value is -2.96. The highest BCUT2D eigenvalue weighted by molar-refractivity contribution is 5.89. The van der Waals surface area contributed by atoms with Gasteiger partial charge in [0.1, 0.15) is 0 Å². The standard InChI is InChI=1S/C17H19N5O2/c1-12(2)9-19-16(23)17-20-15(21-24-17)14-5-3-13(4-6-14)10-22-8-7-18-11-22/h3-8,11-12H,9-10H2,1-2H3,(H,19,23). The van der Waals surface area contributed by atoms with Crippen molar-refractivity contribution < 1.29 is 9.32 Å². The number of hydrogen-bond acceptors (Lipinski definition) is 5. The number of amides is 1. The van der Waals surface area contributed by atoms with Crippen LogP contribution in [0.3, 0.4) is 0 Å². The quantitative estimate of drug-likeness (QED) is 0.752. The van der Waals surface area contributed by atoms with Crippen LogP contribution in [0.4, 0.5) is 0 Å². The Balaban J connectivity index is 1.67. The van der Waals surface area contributed by atoms with Crippen LogP contribution < -0.4 is 5.32 Å². The van der Waals surface area contributed by atoms with E-state index in [1.54, 1.807) is 12.5 Å². The Morgan fingerprint density at radius 2 is 2.08 bits per heavy atom. The van der Waals surface area contributed by atoms with Gasteiger partial charge in [0.2, 0.25) is 5.82 Å². The highest BCUT2D eigenvalue weighted by Gasteiger charge is 2.16. The second-order valence-corrected chi connectivity index (χ2v) is 5.96. The molecule has 1 N–H and O–H groups in total. The molecule has 0 fully saturated rings. The third kappa shape index (κ3) is 3.87. The van der Waals surface area contributed by atoms with E-state index in [1.165, 1.54) is 0 Å². The van der Waals surface area contributed by atoms with E-state index in [9.17, 15) is 4.79 Å². The molecule has 0 aliphatic rings. The van der Waals surface area contributed by atoms with Gasteiger partial charge in [-0.25, -0.2) is 4.98 Å². The van der Waals surface area contributed by atoms with Crippen molar-refractivity contribution in [3.8, 4) is 11.4 Å². The topological polar surface area (TPSA) is 85.8 Å². The van der Waals surface area contributed by atoms with Gasteiger partial charge in [0, 0.05) is 31.0 Å². The lowest BCUT2D eigenvalue weighted by molar-refractivity contribution is 0.0905. The SMILES string of the molecule is CC(C)CNC(=O)c1nc(-c2ccc(Cn3ccnc3)cc2)no1. The highest BCUT2D eigenvalue weighted by atomic mass is 16.5. The minimum absolute atomic E-state index is 0.0202. The fraction of sp³-hybridized carbons (Fsp3) is 0.294. The normalized spacial score (nSPS) is 11.0. The predicted molar refractivity (Wildman–Crippen MR) is 88.2 cm³/mol. The fourth-order valence-electron chi connectivity index (χ4n) is 2.16. The first kappa shape index (κ1) is 15.9. The number of benzene rings is 1. The third-order valence-electron chi connectivity index (χ3n) is 3.43. The molecule has 124 valence electrons. The van der Waals surface area contributed by atoms with Gasteiger partial charge in [-0.2, -0.15) is 4.98 Å². The van der Waals surface area contributed by atoms with Crippen molar-refractivity contribution in [2.24, 2.45) is 5.92 Å². The van der Waals surface area contributed by atoms with Gasteiger partial charge in [-0.05, 0) is 11.5 Å². The summed E-state index contributed by atoms with van der Waals surface area (Å²) < 4.78 is 7.03. The Morgan fingerprint density at radius 1 is 1.29 bits per heavy atom. The molecule has 0 saturated carbocycles. The number of aromatic nitrogens is 4. The van der Waals surface area contributed by atoms with Gasteiger partial charge in [0.15, 0.2) is 0 Å². The summed E-state index contributed by atoms with van der Waals surface area (Å²) in [5, 5.41) is 6.63. The number of nitrogens with one attached hydrogen (secondary N) is 1. The van der Waals surface area contributed by atoms with E-state index in [-0.39, 0.29) is 11.8 Å². The second-order valence-electron chi connectivity index (χ2n) is 5.96. The van der Waals surface area contributed by atoms with Gasteiger partial charge in [-0.3, -0.25) is 4.79 Å². The van der Waals surface area contributed by atoms with E-state index in [2.05, 4.69) is 20.4 Å². The maximum absolute atomic E-state index is 11.9. The van der Waals surface area contributed by atoms with Crippen molar-refractivity contribution in [1.29, 1.82) is 0 Å². The molecular weight excluding hydrogens is 306 g/mol. The van der Waals surface area contributed by atoms with Crippen molar-refractivity contribution in [2.75, 3.05) is 6.54 Å². The van der Waals surface area contributed by atoms with Crippen LogP contribution >= 0.6 is 0 Å². The molecule has 24 heavy (non-hydrogen) atoms. The molecule has 0 atom stereocenters. The summed E-state index contributed by atoms with van der Waals surface area (Å²) in [5.74, 6) is 0.394. The monoisotopic (exact) mass is 325 g/mol. The largest absolute Gasteiger partial charge is 0.348 e. The molecule has 7 heteroatoms. The van der Waals surface area contributed by atoms with E-state index in [0.29, 0.717) is 18.3 Å². The van der Waals surface area contributed by atoms with E-state index in [4.69, 9.17) is 4.52 Å². The van der Waals surface area contributed by atoms with Gasteiger partial charge in [0.05, 0.1) is 6.33 Å². The third-order valence-corrected chi connectivity index (χ3v) is 3.43. The number of carbonyl (C=O) groups excluding carboxylic acids is 1. The first-order valence-electron chi connectivity index (χ1n) is 7.79. The van der Waals surface area contributed by atoms with Gasteiger partial charge >= 0.3 is 11.8 Å². The molecule has 2 heterocycles. The minimum atomic E-state index is -0.348. The summed E-state index contributed by atoms with van der Waals surface area (Å²) in [6, 6.07) is 7.80. The molecule has 2 aromatic heterocycles. The van der Waals surface area contributed by atoms with Crippen LogP contribution in [0.15, 0.2) is 47.5 Å². The zero-order valence-corrected chi connectivity index (χ0v) is 13.6. The smallest absolute Gasteiger partial charge is 0.316 e. The summed E-state index contributed by atoms with van der Waals surface area (Å²) >= 11 is 0. The average Bonchev–Trinajstić information content (AvgIpc) is 3.25. The van der Waals surface area contributed by atoms with Gasteiger partial charge in [0.25, 0.3) is 0 Å². The summed E-state index contributed by atoms with van der Waals surface area (Å²) in [5.41, 5.74) is 1.94. The van der Waals surface area contributed by atoms with E-state index in [1.807, 2.05) is 48.9 Å². The highest BCUT2D eigenvalue weighted by Crippen LogP contribution is 2.17. The molecule has 0 bridgehead atoms. The van der Waals surface area contributed by atoms with E-state index in [0.717, 1.165) is 17.7 Å². The Morgan fingerprint density at radius 3 is 2.75 bits per heavy atom. The molecule has 0 unspecified atom stereocenters. The lowest BCUT2D eigenvalue weighted by Crippen LogP contribution is -2.27. The summed E-state index contributed by atoms with van der Waals surface area (Å²) in [6.45, 7) is 5.35. The number of carbonyl (C=O) groups is 1. The number of rotatable bonds is 6. The van der Waals surface area contributed by atoms with Crippen LogP contribution in [0.2, 0.25) is 0 Å². The number of nitrogens with zero attached hydrogens (tertiary/aromatic N) is 4. The summed E-state index contributed by atoms with van der Waals surface area (Å²) in [7, 11) is 0. The zero-order valence-electron chi connectivity index (χ0n) is 13.6. The first-order valence-corrected chi connectivity index (χ1v) is 7.79. The molecule has 0 saturated heterocycles. The van der Waals surface area contributed by atoms with Crippen LogP contribution in [0.1, 0.15) is 30.1 Å². The molecule has 0 aliphatic heterocycles. The van der Waals surface area contributed by atoms with Crippen molar-refractivity contribution in [2.45, 2.75) is 20.4 Å². The molecular formula is C17H19N5O2. The van der Waals surface area contributed by atoms with E-state index < -0.39 is 0 Å². The van der Waals surface area contributed by atoms with Crippen molar-refractivity contribution in [3.63, 3.8) is 0 Å². The fourth-order valence-corrected chi connectivity index (χ4v) is 2.16. The molecule has 1 amide bonds. The molecule has 3 aromatic rings. The number of hydrogen-bond donors (Lipinski definition) is 1. The van der Waals surface area contributed by atoms with Gasteiger partial charge in [-0.15, -0.1) is 0 Å². The minimum Gasteiger partial charge on any atom is -0.348 e. The van der Waals surface area contributed by atoms with Crippen LogP contribution in [-0.2, 0) is 6.54 Å². The molecule has 7 nitrogen and oxygen atoms in total. The maximum atomic E-state index is 11.9. The van der Waals surface area contributed by atoms with Gasteiger partial charge in [-0.1, -0.05) is 43.3 Å². The van der Waals surface area contributed by atoms with Crippen molar-refractivity contribution in [3.05, 3.63) is 54.4 Å². The molecule has 0 aliphatic carbocycles. The maximum Gasteiger partial charge on any atom is 0.316 e. The Bertz CT molecular complexity index is 791. The van der Waals surface area contributed by atoms with Crippen LogP contribution in [0, 0.1) is 5.92 Å². The van der Waals surface area contributed by atoms with Crippen LogP contribution in [0.25, 0.3) is 11.4 Å². The number of imidazole rings is 1. The van der Waals surface area contributed by atoms with Crippen LogP contribution in [-0.4, -0.2) is 32.1 Å². The molecule has 0 spiro atoms. The molecule has 0 radical (unpaired) electrons. The van der Waals surface area contributed by atoms with Gasteiger partial charge < -0.3 is 14.4 Å². The Kier molecular flexibility index (Phi) is 4.69. The van der Waals surface area contributed by atoms with Crippen molar-refractivity contribution >= 4 is 5.91 Å². The summed E-state index contributed by atoms with van der Waals surface area (Å²) in [4.78, 5) is 20.1. The predicted octanol–water partition coefficient (Wildman–Crippen LogP) is 2.37. The molecule has 3 rings (SSSR count). The van der Waals surface area contributed by atoms with Crippen LogP contribution in [0.5, 0.6) is 0 Å². The second kappa shape index (κ2) is 7.08. The lowest BCUT2D eigenvalue weighted by atomic mass is 10.1. The Labute approximate surface area is 139 Å². The average molecular weight is 325 g/mol. The van der Waals surface area contributed by atoms with E-state index >= 15 is 0 Å². The lowest BCUT2D eigenvalue weighted by Gasteiger charge is -2.04. The van der Waals surface area contributed by atoms with Crippen molar-refractivity contribution in [1.82, 2.24) is 25.0 Å². The molecule has 1 aromatic carbocycles. The first-order chi connectivity index (χ1) is 11.6. The summed E-state index contributed by atoms with van der Waals surface area (Å²) in [6.07, 6.45) is 5.43.